The maximum atomic E-state index is 12.9. The summed E-state index contributed by atoms with van der Waals surface area (Å²) in [5, 5.41) is 3.48. The van der Waals surface area contributed by atoms with Gasteiger partial charge in [0.05, 0.1) is 16.6 Å². The van der Waals surface area contributed by atoms with Crippen LogP contribution >= 0.6 is 11.6 Å². The van der Waals surface area contributed by atoms with E-state index in [-0.39, 0.29) is 16.8 Å². The number of nitrogens with one attached hydrogen (secondary N) is 1. The van der Waals surface area contributed by atoms with E-state index in [1.54, 1.807) is 24.3 Å². The monoisotopic (exact) mass is 442 g/mol. The molecule has 3 rings (SSSR count). The Morgan fingerprint density at radius 2 is 1.67 bits per heavy atom. The Labute approximate surface area is 182 Å². The third-order valence-electron chi connectivity index (χ3n) is 4.86. The van der Waals surface area contributed by atoms with Gasteiger partial charge >= 0.3 is 0 Å². The molecule has 0 spiro atoms. The van der Waals surface area contributed by atoms with E-state index in [2.05, 4.69) is 5.32 Å². The third-order valence-corrected chi connectivity index (χ3v) is 6.91. The molecule has 0 saturated heterocycles. The minimum Gasteiger partial charge on any atom is -0.345 e. The van der Waals surface area contributed by atoms with Gasteiger partial charge in [-0.3, -0.25) is 9.10 Å². The molecule has 1 N–H and O–H groups in total. The molecule has 0 unspecified atom stereocenters. The zero-order valence-corrected chi connectivity index (χ0v) is 18.3. The highest BCUT2D eigenvalue weighted by atomic mass is 35.5. The summed E-state index contributed by atoms with van der Waals surface area (Å²) in [4.78, 5) is 12.9. The number of benzene rings is 3. The van der Waals surface area contributed by atoms with Crippen molar-refractivity contribution in [3.63, 3.8) is 0 Å². The molecule has 1 amide bonds. The summed E-state index contributed by atoms with van der Waals surface area (Å²) in [7, 11) is -2.32. The molecule has 5 nitrogen and oxygen atoms in total. The van der Waals surface area contributed by atoms with E-state index in [9.17, 15) is 13.2 Å². The van der Waals surface area contributed by atoms with Crippen molar-refractivity contribution in [2.24, 2.45) is 0 Å². The van der Waals surface area contributed by atoms with Crippen LogP contribution in [0, 0.1) is 0 Å². The first-order valence-electron chi connectivity index (χ1n) is 9.53. The van der Waals surface area contributed by atoms with Crippen molar-refractivity contribution in [1.82, 2.24) is 5.32 Å². The number of amides is 1. The van der Waals surface area contributed by atoms with Crippen molar-refractivity contribution in [3.05, 3.63) is 95.0 Å². The van der Waals surface area contributed by atoms with Gasteiger partial charge in [0, 0.05) is 17.6 Å². The van der Waals surface area contributed by atoms with Gasteiger partial charge in [0.25, 0.3) is 15.9 Å². The SMILES string of the molecule is CC[C@H](NC(=O)c1cccc(N(C)S(=O)(=O)c2ccc(Cl)cc2)c1)c1ccccc1. The highest BCUT2D eigenvalue weighted by Crippen LogP contribution is 2.24. The van der Waals surface area contributed by atoms with Gasteiger partial charge in [-0.2, -0.15) is 0 Å². The number of carbonyl (C=O) groups is 1. The molecule has 0 aromatic heterocycles. The fourth-order valence-corrected chi connectivity index (χ4v) is 4.41. The number of rotatable bonds is 7. The Bertz CT molecular complexity index is 1120. The molecule has 0 radical (unpaired) electrons. The summed E-state index contributed by atoms with van der Waals surface area (Å²) >= 11 is 5.86. The average molecular weight is 443 g/mol. The molecular formula is C23H23ClN2O3S. The summed E-state index contributed by atoms with van der Waals surface area (Å²) in [6.45, 7) is 2.00. The molecule has 0 aliphatic rings. The van der Waals surface area contributed by atoms with E-state index in [1.165, 1.54) is 31.3 Å². The molecule has 0 fully saturated rings. The molecule has 0 aliphatic carbocycles. The predicted octanol–water partition coefficient (Wildman–Crippen LogP) is 5.05. The lowest BCUT2D eigenvalue weighted by Gasteiger charge is -2.21. The van der Waals surface area contributed by atoms with Crippen LogP contribution < -0.4 is 9.62 Å². The number of halogens is 1. The van der Waals surface area contributed by atoms with E-state index >= 15 is 0 Å². The smallest absolute Gasteiger partial charge is 0.264 e. The fourth-order valence-electron chi connectivity index (χ4n) is 3.09. The zero-order valence-electron chi connectivity index (χ0n) is 16.7. The summed E-state index contributed by atoms with van der Waals surface area (Å²) in [5.74, 6) is -0.259. The molecule has 0 aliphatic heterocycles. The maximum absolute atomic E-state index is 12.9. The van der Waals surface area contributed by atoms with Crippen LogP contribution in [0.1, 0.15) is 35.3 Å². The molecular weight excluding hydrogens is 420 g/mol. The van der Waals surface area contributed by atoms with Crippen LogP contribution in [0.4, 0.5) is 5.69 Å². The first-order valence-corrected chi connectivity index (χ1v) is 11.3. The standard InChI is InChI=1S/C23H23ClN2O3S/c1-3-22(17-8-5-4-6-9-17)25-23(27)18-10-7-11-20(16-18)26(2)30(28,29)21-14-12-19(24)13-15-21/h4-16,22H,3H2,1-2H3,(H,25,27)/t22-/m0/s1. The Hall–Kier alpha value is -2.83. The van der Waals surface area contributed by atoms with Crippen LogP contribution in [0.3, 0.4) is 0 Å². The van der Waals surface area contributed by atoms with Crippen LogP contribution in [-0.4, -0.2) is 21.4 Å². The lowest BCUT2D eigenvalue weighted by atomic mass is 10.0. The Kier molecular flexibility index (Phi) is 6.80. The molecule has 156 valence electrons. The second-order valence-electron chi connectivity index (χ2n) is 6.82. The van der Waals surface area contributed by atoms with Crippen LogP contribution in [-0.2, 0) is 10.0 Å². The number of hydrogen-bond donors (Lipinski definition) is 1. The van der Waals surface area contributed by atoms with Crippen LogP contribution in [0.5, 0.6) is 0 Å². The predicted molar refractivity (Wildman–Crippen MR) is 120 cm³/mol. The Morgan fingerprint density at radius 1 is 1.00 bits per heavy atom. The number of sulfonamides is 1. The molecule has 7 heteroatoms. The molecule has 30 heavy (non-hydrogen) atoms. The van der Waals surface area contributed by atoms with Crippen molar-refractivity contribution in [2.45, 2.75) is 24.3 Å². The van der Waals surface area contributed by atoms with Gasteiger partial charge < -0.3 is 5.32 Å². The number of carbonyl (C=O) groups excluding carboxylic acids is 1. The van der Waals surface area contributed by atoms with Gasteiger partial charge in [0.1, 0.15) is 0 Å². The molecule has 3 aromatic rings. The Balaban J connectivity index is 1.83. The minimum atomic E-state index is -3.78. The second-order valence-corrected chi connectivity index (χ2v) is 9.23. The molecule has 3 aromatic carbocycles. The van der Waals surface area contributed by atoms with E-state index in [0.29, 0.717) is 16.3 Å². The van der Waals surface area contributed by atoms with Gasteiger partial charge in [0.2, 0.25) is 0 Å². The van der Waals surface area contributed by atoms with E-state index < -0.39 is 10.0 Å². The van der Waals surface area contributed by atoms with Gasteiger partial charge in [-0.25, -0.2) is 8.42 Å². The molecule has 1 atom stereocenters. The van der Waals surface area contributed by atoms with Crippen molar-refractivity contribution in [2.75, 3.05) is 11.4 Å². The first kappa shape index (κ1) is 21.9. The van der Waals surface area contributed by atoms with Crippen molar-refractivity contribution in [3.8, 4) is 0 Å². The summed E-state index contributed by atoms with van der Waals surface area (Å²) in [6.07, 6.45) is 0.736. The summed E-state index contributed by atoms with van der Waals surface area (Å²) in [5.41, 5.74) is 1.80. The number of hydrogen-bond acceptors (Lipinski definition) is 3. The fraction of sp³-hybridized carbons (Fsp3) is 0.174. The third kappa shape index (κ3) is 4.83. The highest BCUT2D eigenvalue weighted by molar-refractivity contribution is 7.92. The lowest BCUT2D eigenvalue weighted by molar-refractivity contribution is 0.0935. The molecule has 0 heterocycles. The minimum absolute atomic E-state index is 0.124. The quantitative estimate of drug-likeness (QED) is 0.557. The van der Waals surface area contributed by atoms with Gasteiger partial charge in [-0.1, -0.05) is 54.9 Å². The number of nitrogens with zero attached hydrogens (tertiary/aromatic N) is 1. The zero-order chi connectivity index (χ0) is 21.7. The lowest BCUT2D eigenvalue weighted by Crippen LogP contribution is -2.29. The highest BCUT2D eigenvalue weighted by Gasteiger charge is 2.22. The second kappa shape index (κ2) is 9.32. The number of anilines is 1. The van der Waals surface area contributed by atoms with Gasteiger partial charge in [0.15, 0.2) is 0 Å². The molecule has 0 saturated carbocycles. The van der Waals surface area contributed by atoms with Crippen molar-refractivity contribution >= 4 is 33.2 Å². The summed E-state index contributed by atoms with van der Waals surface area (Å²) in [6, 6.07) is 22.1. The largest absolute Gasteiger partial charge is 0.345 e. The van der Waals surface area contributed by atoms with Crippen molar-refractivity contribution in [1.29, 1.82) is 0 Å². The average Bonchev–Trinajstić information content (AvgIpc) is 2.77. The molecule has 0 bridgehead atoms. The van der Waals surface area contributed by atoms with E-state index in [1.807, 2.05) is 37.3 Å². The van der Waals surface area contributed by atoms with Crippen LogP contribution in [0.15, 0.2) is 83.8 Å². The Morgan fingerprint density at radius 3 is 2.30 bits per heavy atom. The van der Waals surface area contributed by atoms with Crippen molar-refractivity contribution < 1.29 is 13.2 Å². The topological polar surface area (TPSA) is 66.5 Å². The first-order chi connectivity index (χ1) is 14.3. The van der Waals surface area contributed by atoms with E-state index in [0.717, 1.165) is 16.3 Å². The van der Waals surface area contributed by atoms with E-state index in [4.69, 9.17) is 11.6 Å². The maximum Gasteiger partial charge on any atom is 0.264 e. The summed E-state index contributed by atoms with van der Waals surface area (Å²) < 4.78 is 27.0. The van der Waals surface area contributed by atoms with Gasteiger partial charge in [-0.15, -0.1) is 0 Å². The van der Waals surface area contributed by atoms with Gasteiger partial charge in [-0.05, 0) is 54.4 Å². The van der Waals surface area contributed by atoms with Crippen LogP contribution in [0.25, 0.3) is 0 Å². The normalized spacial score (nSPS) is 12.2. The van der Waals surface area contributed by atoms with Crippen LogP contribution in [0.2, 0.25) is 5.02 Å².